The lowest BCUT2D eigenvalue weighted by Gasteiger charge is -2.33. The molecule has 4 rings (SSSR count). The van der Waals surface area contributed by atoms with Crippen LogP contribution in [0.3, 0.4) is 0 Å². The first-order chi connectivity index (χ1) is 15.2. The van der Waals surface area contributed by atoms with Gasteiger partial charge in [0.25, 0.3) is 0 Å². The van der Waals surface area contributed by atoms with Gasteiger partial charge in [-0.05, 0) is 61.7 Å². The van der Waals surface area contributed by atoms with Crippen LogP contribution in [-0.4, -0.2) is 48.1 Å². The van der Waals surface area contributed by atoms with Crippen molar-refractivity contribution in [1.82, 2.24) is 4.90 Å². The molecule has 4 nitrogen and oxygen atoms in total. The van der Waals surface area contributed by atoms with Crippen LogP contribution in [-0.2, 0) is 0 Å². The number of ketones is 1. The van der Waals surface area contributed by atoms with Crippen molar-refractivity contribution < 1.29 is 14.6 Å². The Bertz CT molecular complexity index is 949. The first-order valence-electron chi connectivity index (χ1n) is 11.0. The monoisotopic (exact) mass is 415 g/mol. The first kappa shape index (κ1) is 21.3. The van der Waals surface area contributed by atoms with E-state index >= 15 is 0 Å². The topological polar surface area (TPSA) is 49.8 Å². The lowest BCUT2D eigenvalue weighted by molar-refractivity contribution is 0.0594. The van der Waals surface area contributed by atoms with Crippen molar-refractivity contribution in [1.29, 1.82) is 0 Å². The van der Waals surface area contributed by atoms with E-state index < -0.39 is 6.10 Å². The molecule has 1 saturated heterocycles. The number of nitrogens with zero attached hydrogens (tertiary/aromatic N) is 1. The molecule has 0 aliphatic carbocycles. The number of benzene rings is 3. The normalized spacial score (nSPS) is 16.0. The Kier molecular flexibility index (Phi) is 7.13. The molecular weight excluding hydrogens is 386 g/mol. The summed E-state index contributed by atoms with van der Waals surface area (Å²) in [6, 6.07) is 27.0. The molecule has 4 heteroatoms. The van der Waals surface area contributed by atoms with Crippen molar-refractivity contribution in [2.75, 3.05) is 26.2 Å². The van der Waals surface area contributed by atoms with E-state index in [4.69, 9.17) is 4.74 Å². The minimum absolute atomic E-state index is 0.00825. The van der Waals surface area contributed by atoms with E-state index in [1.165, 1.54) is 5.56 Å². The quantitative estimate of drug-likeness (QED) is 0.549. The number of carbonyl (C=O) groups excluding carboxylic acids is 1. The summed E-state index contributed by atoms with van der Waals surface area (Å²) in [6.07, 6.45) is 1.70. The highest BCUT2D eigenvalue weighted by Gasteiger charge is 2.22. The Morgan fingerprint density at radius 1 is 0.871 bits per heavy atom. The second kappa shape index (κ2) is 10.4. The highest BCUT2D eigenvalue weighted by molar-refractivity contribution is 6.08. The molecule has 1 heterocycles. The lowest BCUT2D eigenvalue weighted by atomic mass is 9.89. The van der Waals surface area contributed by atoms with E-state index in [0.717, 1.165) is 25.9 Å². The molecule has 1 unspecified atom stereocenters. The number of aliphatic hydroxyl groups excluding tert-OH is 1. The summed E-state index contributed by atoms with van der Waals surface area (Å²) in [6.45, 7) is 2.84. The minimum atomic E-state index is -0.543. The molecule has 1 aliphatic heterocycles. The Balaban J connectivity index is 1.21. The highest BCUT2D eigenvalue weighted by Crippen LogP contribution is 2.27. The Morgan fingerprint density at radius 3 is 2.10 bits per heavy atom. The van der Waals surface area contributed by atoms with Gasteiger partial charge >= 0.3 is 0 Å². The maximum atomic E-state index is 12.5. The Labute approximate surface area is 184 Å². The van der Waals surface area contributed by atoms with Gasteiger partial charge in [-0.15, -0.1) is 0 Å². The molecule has 1 fully saturated rings. The van der Waals surface area contributed by atoms with Crippen LogP contribution in [0.15, 0.2) is 84.9 Å². The van der Waals surface area contributed by atoms with E-state index in [9.17, 15) is 9.90 Å². The number of likely N-dealkylation sites (tertiary alicyclic amines) is 1. The number of aliphatic hydroxyl groups is 1. The van der Waals surface area contributed by atoms with E-state index in [1.54, 1.807) is 24.3 Å². The van der Waals surface area contributed by atoms with Gasteiger partial charge in [-0.3, -0.25) is 4.79 Å². The summed E-state index contributed by atoms with van der Waals surface area (Å²) >= 11 is 0. The molecule has 0 radical (unpaired) electrons. The molecule has 3 aromatic rings. The van der Waals surface area contributed by atoms with Gasteiger partial charge in [0.05, 0.1) is 0 Å². The molecule has 160 valence electrons. The van der Waals surface area contributed by atoms with Gasteiger partial charge in [0.1, 0.15) is 18.5 Å². The zero-order chi connectivity index (χ0) is 21.5. The maximum absolute atomic E-state index is 12.5. The van der Waals surface area contributed by atoms with Gasteiger partial charge in [-0.1, -0.05) is 60.7 Å². The summed E-state index contributed by atoms with van der Waals surface area (Å²) in [5.41, 5.74) is 2.71. The standard InChI is InChI=1S/C27H29NO3/c29-25(19-28-17-15-22(16-18-28)21-7-3-1-4-8-21)20-31-26-13-11-24(12-14-26)27(30)23-9-5-2-6-10-23/h1-14,22,25,29H,15-20H2. The molecule has 0 amide bonds. The Morgan fingerprint density at radius 2 is 1.45 bits per heavy atom. The van der Waals surface area contributed by atoms with Gasteiger partial charge < -0.3 is 14.7 Å². The fourth-order valence-corrected chi connectivity index (χ4v) is 4.18. The average Bonchev–Trinajstić information content (AvgIpc) is 2.84. The van der Waals surface area contributed by atoms with E-state index in [2.05, 4.69) is 35.2 Å². The second-order valence-electron chi connectivity index (χ2n) is 8.17. The third-order valence-corrected chi connectivity index (χ3v) is 5.92. The molecule has 1 N–H and O–H groups in total. The molecule has 0 aromatic heterocycles. The molecule has 31 heavy (non-hydrogen) atoms. The number of β-amino-alcohol motifs (C(OH)–C–C–N with tert-alkyl or cyclic N) is 1. The lowest BCUT2D eigenvalue weighted by Crippen LogP contribution is -2.40. The fraction of sp³-hybridized carbons (Fsp3) is 0.296. The summed E-state index contributed by atoms with van der Waals surface area (Å²) in [5, 5.41) is 10.4. The second-order valence-corrected chi connectivity index (χ2v) is 8.17. The first-order valence-corrected chi connectivity index (χ1v) is 11.0. The molecule has 1 aliphatic rings. The summed E-state index contributed by atoms with van der Waals surface area (Å²) < 4.78 is 5.75. The van der Waals surface area contributed by atoms with Crippen molar-refractivity contribution >= 4 is 5.78 Å². The predicted molar refractivity (Wildman–Crippen MR) is 123 cm³/mol. The number of hydrogen-bond donors (Lipinski definition) is 1. The SMILES string of the molecule is O=C(c1ccccc1)c1ccc(OCC(O)CN2CCC(c3ccccc3)CC2)cc1. The van der Waals surface area contributed by atoms with Crippen molar-refractivity contribution in [3.8, 4) is 5.75 Å². The number of rotatable bonds is 8. The van der Waals surface area contributed by atoms with Crippen LogP contribution >= 0.6 is 0 Å². The number of piperidine rings is 1. The zero-order valence-electron chi connectivity index (χ0n) is 17.7. The van der Waals surface area contributed by atoms with Crippen LogP contribution in [0, 0.1) is 0 Å². The molecule has 0 spiro atoms. The van der Waals surface area contributed by atoms with Crippen molar-refractivity contribution in [3.05, 3.63) is 102 Å². The largest absolute Gasteiger partial charge is 0.491 e. The summed E-state index contributed by atoms with van der Waals surface area (Å²) in [5.74, 6) is 1.26. The van der Waals surface area contributed by atoms with Crippen molar-refractivity contribution in [2.45, 2.75) is 24.9 Å². The molecule has 1 atom stereocenters. The van der Waals surface area contributed by atoms with Gasteiger partial charge in [-0.2, -0.15) is 0 Å². The van der Waals surface area contributed by atoms with Crippen LogP contribution in [0.5, 0.6) is 5.75 Å². The van der Waals surface area contributed by atoms with E-state index in [1.807, 2.05) is 30.3 Å². The molecular formula is C27H29NO3. The maximum Gasteiger partial charge on any atom is 0.193 e. The average molecular weight is 416 g/mol. The van der Waals surface area contributed by atoms with E-state index in [0.29, 0.717) is 29.3 Å². The summed E-state index contributed by atoms with van der Waals surface area (Å²) in [4.78, 5) is 14.8. The van der Waals surface area contributed by atoms with Crippen LogP contribution < -0.4 is 4.74 Å². The molecule has 0 bridgehead atoms. The third-order valence-electron chi connectivity index (χ3n) is 5.92. The van der Waals surface area contributed by atoms with Gasteiger partial charge in [-0.25, -0.2) is 0 Å². The predicted octanol–water partition coefficient (Wildman–Crippen LogP) is 4.54. The molecule has 0 saturated carbocycles. The van der Waals surface area contributed by atoms with Crippen LogP contribution in [0.2, 0.25) is 0 Å². The number of hydrogen-bond acceptors (Lipinski definition) is 4. The zero-order valence-corrected chi connectivity index (χ0v) is 17.7. The smallest absolute Gasteiger partial charge is 0.193 e. The number of ether oxygens (including phenoxy) is 1. The van der Waals surface area contributed by atoms with E-state index in [-0.39, 0.29) is 12.4 Å². The van der Waals surface area contributed by atoms with Crippen molar-refractivity contribution in [2.24, 2.45) is 0 Å². The van der Waals surface area contributed by atoms with Crippen LogP contribution in [0.1, 0.15) is 40.2 Å². The highest BCUT2D eigenvalue weighted by atomic mass is 16.5. The minimum Gasteiger partial charge on any atom is -0.491 e. The number of carbonyl (C=O) groups is 1. The molecule has 3 aromatic carbocycles. The van der Waals surface area contributed by atoms with Crippen LogP contribution in [0.4, 0.5) is 0 Å². The third kappa shape index (κ3) is 5.81. The summed E-state index contributed by atoms with van der Waals surface area (Å²) in [7, 11) is 0. The Hall–Kier alpha value is -2.95. The van der Waals surface area contributed by atoms with Gasteiger partial charge in [0.15, 0.2) is 5.78 Å². The van der Waals surface area contributed by atoms with Crippen molar-refractivity contribution in [3.63, 3.8) is 0 Å². The fourth-order valence-electron chi connectivity index (χ4n) is 4.18. The van der Waals surface area contributed by atoms with Crippen LogP contribution in [0.25, 0.3) is 0 Å². The van der Waals surface area contributed by atoms with Gasteiger partial charge in [0.2, 0.25) is 0 Å². The van der Waals surface area contributed by atoms with Gasteiger partial charge in [0, 0.05) is 17.7 Å².